The Morgan fingerprint density at radius 2 is 1.79 bits per heavy atom. The smallest absolute Gasteiger partial charge is 0.192 e. The lowest BCUT2D eigenvalue weighted by molar-refractivity contribution is -0.0134. The second-order valence-electron chi connectivity index (χ2n) is 9.95. The molecule has 1 aromatic rings. The fourth-order valence-electron chi connectivity index (χ4n) is 3.43. The number of alkyl halides is 1. The molecular weight excluding hydrogens is 495 g/mol. The summed E-state index contributed by atoms with van der Waals surface area (Å²) < 4.78 is 18.8. The molecule has 166 valence electrons. The van der Waals surface area contributed by atoms with Crippen LogP contribution in [0.3, 0.4) is 0 Å². The molecule has 1 aromatic carbocycles. The number of halogens is 1. The first-order chi connectivity index (χ1) is 13.5. The van der Waals surface area contributed by atoms with Crippen molar-refractivity contribution in [1.82, 2.24) is 0 Å². The fourth-order valence-corrected chi connectivity index (χ4v) is 5.99. The highest BCUT2D eigenvalue weighted by Crippen LogP contribution is 2.48. The molecule has 1 fully saturated rings. The molecule has 2 rings (SSSR count). The van der Waals surface area contributed by atoms with Gasteiger partial charge in [0.05, 0.1) is 26.4 Å². The van der Waals surface area contributed by atoms with E-state index in [1.54, 1.807) is 7.11 Å². The van der Waals surface area contributed by atoms with Gasteiger partial charge in [-0.3, -0.25) is 0 Å². The highest BCUT2D eigenvalue weighted by molar-refractivity contribution is 14.1. The Bertz CT molecular complexity index is 629. The molecule has 6 heteroatoms. The van der Waals surface area contributed by atoms with Crippen molar-refractivity contribution in [3.63, 3.8) is 0 Å². The SMILES string of the molecule is COc1ccc(COC[C@H](C)[C@H](O[Si](C)(C)C(C)(C)C)[C@@H](CO)[C@@H]2C[C@@H]2I)cc1. The van der Waals surface area contributed by atoms with Crippen LogP contribution < -0.4 is 4.74 Å². The molecule has 0 radical (unpaired) electrons. The van der Waals surface area contributed by atoms with Gasteiger partial charge in [0, 0.05) is 22.4 Å². The number of aliphatic hydroxyl groups is 1. The number of ether oxygens (including phenoxy) is 2. The topological polar surface area (TPSA) is 47.9 Å². The molecule has 0 unspecified atom stereocenters. The first-order valence-electron chi connectivity index (χ1n) is 10.6. The molecule has 1 aliphatic rings. The Kier molecular flexibility index (Phi) is 9.04. The van der Waals surface area contributed by atoms with E-state index in [1.165, 1.54) is 6.42 Å². The minimum absolute atomic E-state index is 0.0292. The van der Waals surface area contributed by atoms with E-state index in [4.69, 9.17) is 13.9 Å². The van der Waals surface area contributed by atoms with Gasteiger partial charge in [0.1, 0.15) is 5.75 Å². The van der Waals surface area contributed by atoms with Gasteiger partial charge < -0.3 is 19.0 Å². The molecule has 1 saturated carbocycles. The van der Waals surface area contributed by atoms with E-state index in [0.29, 0.717) is 23.1 Å². The number of benzene rings is 1. The highest BCUT2D eigenvalue weighted by Gasteiger charge is 2.49. The van der Waals surface area contributed by atoms with Gasteiger partial charge >= 0.3 is 0 Å². The summed E-state index contributed by atoms with van der Waals surface area (Å²) in [5.74, 6) is 1.82. The van der Waals surface area contributed by atoms with Crippen molar-refractivity contribution in [2.45, 2.75) is 68.9 Å². The molecule has 5 atom stereocenters. The maximum Gasteiger partial charge on any atom is 0.192 e. The maximum absolute atomic E-state index is 10.2. The monoisotopic (exact) mass is 534 g/mol. The minimum Gasteiger partial charge on any atom is -0.497 e. The maximum atomic E-state index is 10.2. The van der Waals surface area contributed by atoms with Crippen molar-refractivity contribution in [3.05, 3.63) is 29.8 Å². The van der Waals surface area contributed by atoms with Gasteiger partial charge in [0.25, 0.3) is 0 Å². The Balaban J connectivity index is 2.03. The summed E-state index contributed by atoms with van der Waals surface area (Å²) >= 11 is 2.51. The molecular formula is C23H39IO4Si. The molecule has 4 nitrogen and oxygen atoms in total. The Hall–Kier alpha value is -0.153. The Morgan fingerprint density at radius 1 is 1.21 bits per heavy atom. The van der Waals surface area contributed by atoms with Crippen molar-refractivity contribution < 1.29 is 19.0 Å². The number of methoxy groups -OCH3 is 1. The third-order valence-electron chi connectivity index (χ3n) is 6.55. The van der Waals surface area contributed by atoms with Crippen molar-refractivity contribution in [2.75, 3.05) is 20.3 Å². The number of rotatable bonds is 11. The number of hydrogen-bond acceptors (Lipinski definition) is 4. The van der Waals surface area contributed by atoms with Gasteiger partial charge in [-0.05, 0) is 48.2 Å². The van der Waals surface area contributed by atoms with Crippen LogP contribution in [0.4, 0.5) is 0 Å². The summed E-state index contributed by atoms with van der Waals surface area (Å²) in [6, 6.07) is 7.99. The van der Waals surface area contributed by atoms with Crippen LogP contribution in [0.1, 0.15) is 39.7 Å². The molecule has 0 aromatic heterocycles. The largest absolute Gasteiger partial charge is 0.497 e. The van der Waals surface area contributed by atoms with Crippen LogP contribution in [0.5, 0.6) is 5.75 Å². The second-order valence-corrected chi connectivity index (χ2v) is 16.3. The average molecular weight is 535 g/mol. The summed E-state index contributed by atoms with van der Waals surface area (Å²) in [6.07, 6.45) is 1.21. The fraction of sp³-hybridized carbons (Fsp3) is 0.739. The van der Waals surface area contributed by atoms with E-state index in [9.17, 15) is 5.11 Å². The predicted octanol–water partition coefficient (Wildman–Crippen LogP) is 5.67. The third kappa shape index (κ3) is 6.92. The lowest BCUT2D eigenvalue weighted by atomic mass is 9.89. The lowest BCUT2D eigenvalue weighted by Crippen LogP contribution is -2.49. The molecule has 0 saturated heterocycles. The summed E-state index contributed by atoms with van der Waals surface area (Å²) in [5.41, 5.74) is 1.13. The Morgan fingerprint density at radius 3 is 2.24 bits per heavy atom. The van der Waals surface area contributed by atoms with Crippen LogP contribution in [0.15, 0.2) is 24.3 Å². The van der Waals surface area contributed by atoms with Crippen LogP contribution in [0.25, 0.3) is 0 Å². The van der Waals surface area contributed by atoms with Gasteiger partial charge in [-0.2, -0.15) is 0 Å². The highest BCUT2D eigenvalue weighted by atomic mass is 127. The zero-order valence-corrected chi connectivity index (χ0v) is 22.2. The standard InChI is InChI=1S/C23H39IO4Si/c1-16(14-27-15-17-8-10-18(26-5)11-9-17)22(20(13-25)19-12-21(19)24)28-29(6,7)23(2,3)4/h8-11,16,19-22,25H,12-15H2,1-7H3/t16-,19-,20-,21-,22-/m0/s1. The normalized spacial score (nSPS) is 22.8. The van der Waals surface area contributed by atoms with E-state index in [-0.39, 0.29) is 29.6 Å². The van der Waals surface area contributed by atoms with Gasteiger partial charge in [-0.15, -0.1) is 0 Å². The van der Waals surface area contributed by atoms with Crippen LogP contribution in [-0.2, 0) is 15.8 Å². The van der Waals surface area contributed by atoms with Gasteiger partial charge in [-0.1, -0.05) is 62.4 Å². The van der Waals surface area contributed by atoms with Crippen LogP contribution in [0, 0.1) is 17.8 Å². The summed E-state index contributed by atoms with van der Waals surface area (Å²) in [6.45, 7) is 15.0. The molecule has 0 heterocycles. The van der Waals surface area contributed by atoms with Gasteiger partial charge in [0.15, 0.2) is 8.32 Å². The third-order valence-corrected chi connectivity index (χ3v) is 12.5. The van der Waals surface area contributed by atoms with Crippen LogP contribution in [-0.4, -0.2) is 43.8 Å². The van der Waals surface area contributed by atoms with Crippen molar-refractivity contribution in [1.29, 1.82) is 0 Å². The minimum atomic E-state index is -1.95. The first kappa shape index (κ1) is 25.1. The van der Waals surface area contributed by atoms with E-state index < -0.39 is 8.32 Å². The lowest BCUT2D eigenvalue weighted by Gasteiger charge is -2.43. The summed E-state index contributed by atoms with van der Waals surface area (Å²) in [4.78, 5) is 0. The van der Waals surface area contributed by atoms with E-state index in [2.05, 4.69) is 63.4 Å². The van der Waals surface area contributed by atoms with E-state index in [0.717, 1.165) is 11.3 Å². The average Bonchev–Trinajstić information content (AvgIpc) is 3.37. The molecule has 0 aliphatic heterocycles. The van der Waals surface area contributed by atoms with Crippen LogP contribution >= 0.6 is 22.6 Å². The first-order valence-corrected chi connectivity index (χ1v) is 14.8. The predicted molar refractivity (Wildman–Crippen MR) is 130 cm³/mol. The van der Waals surface area contributed by atoms with Crippen LogP contribution in [0.2, 0.25) is 18.1 Å². The molecule has 0 spiro atoms. The van der Waals surface area contributed by atoms with Gasteiger partial charge in [0.2, 0.25) is 0 Å². The quantitative estimate of drug-likeness (QED) is 0.226. The number of hydrogen-bond donors (Lipinski definition) is 1. The Labute approximate surface area is 192 Å². The van der Waals surface area contributed by atoms with E-state index in [1.807, 2.05) is 24.3 Å². The van der Waals surface area contributed by atoms with Gasteiger partial charge in [-0.25, -0.2) is 0 Å². The molecule has 1 aliphatic carbocycles. The molecule has 29 heavy (non-hydrogen) atoms. The number of aliphatic hydroxyl groups excluding tert-OH is 1. The summed E-state index contributed by atoms with van der Waals surface area (Å²) in [5, 5.41) is 10.3. The summed E-state index contributed by atoms with van der Waals surface area (Å²) in [7, 11) is -0.273. The molecule has 1 N–H and O–H groups in total. The molecule has 0 bridgehead atoms. The zero-order chi connectivity index (χ0) is 21.8. The zero-order valence-electron chi connectivity index (χ0n) is 19.1. The second kappa shape index (κ2) is 10.4. The van der Waals surface area contributed by atoms with Crippen molar-refractivity contribution >= 4 is 30.9 Å². The van der Waals surface area contributed by atoms with E-state index >= 15 is 0 Å². The van der Waals surface area contributed by atoms with Crippen molar-refractivity contribution in [3.8, 4) is 5.75 Å². The van der Waals surface area contributed by atoms with Crippen molar-refractivity contribution in [2.24, 2.45) is 17.8 Å². The molecule has 0 amide bonds.